The van der Waals surface area contributed by atoms with E-state index in [1.54, 1.807) is 26.1 Å². The number of ether oxygens (including phenoxy) is 1. The first-order valence-corrected chi connectivity index (χ1v) is 6.73. The van der Waals surface area contributed by atoms with Crippen molar-refractivity contribution in [3.05, 3.63) is 35.1 Å². The predicted molar refractivity (Wildman–Crippen MR) is 73.1 cm³/mol. The maximum atomic E-state index is 13.5. The zero-order chi connectivity index (χ0) is 14.8. The van der Waals surface area contributed by atoms with E-state index in [1.165, 1.54) is 11.0 Å². The minimum Gasteiger partial charge on any atom is -0.388 e. The van der Waals surface area contributed by atoms with Crippen molar-refractivity contribution in [2.24, 2.45) is 0 Å². The zero-order valence-electron chi connectivity index (χ0n) is 11.9. The van der Waals surface area contributed by atoms with E-state index in [1.807, 2.05) is 0 Å². The van der Waals surface area contributed by atoms with E-state index in [9.17, 15) is 14.3 Å². The summed E-state index contributed by atoms with van der Waals surface area (Å²) in [4.78, 5) is 13.7. The molecule has 20 heavy (non-hydrogen) atoms. The van der Waals surface area contributed by atoms with E-state index >= 15 is 0 Å². The van der Waals surface area contributed by atoms with Crippen LogP contribution in [0.3, 0.4) is 0 Å². The van der Waals surface area contributed by atoms with Crippen LogP contribution in [0.4, 0.5) is 4.39 Å². The molecule has 0 bridgehead atoms. The second-order valence-corrected chi connectivity index (χ2v) is 5.46. The number of aryl methyl sites for hydroxylation is 1. The molecule has 4 nitrogen and oxygen atoms in total. The highest BCUT2D eigenvalue weighted by molar-refractivity contribution is 5.94. The maximum Gasteiger partial charge on any atom is 0.253 e. The van der Waals surface area contributed by atoms with Gasteiger partial charge in [0, 0.05) is 45.2 Å². The minimum absolute atomic E-state index is 0.227. The predicted octanol–water partition coefficient (Wildman–Crippen LogP) is 1.75. The maximum absolute atomic E-state index is 13.5. The fourth-order valence-electron chi connectivity index (χ4n) is 2.37. The van der Waals surface area contributed by atoms with E-state index in [4.69, 9.17) is 4.74 Å². The number of rotatable bonds is 3. The van der Waals surface area contributed by atoms with Crippen LogP contribution in [0.1, 0.15) is 28.8 Å². The van der Waals surface area contributed by atoms with Gasteiger partial charge in [-0.1, -0.05) is 6.07 Å². The van der Waals surface area contributed by atoms with Gasteiger partial charge in [-0.25, -0.2) is 4.39 Å². The van der Waals surface area contributed by atoms with E-state index < -0.39 is 11.4 Å². The smallest absolute Gasteiger partial charge is 0.253 e. The first-order chi connectivity index (χ1) is 9.41. The van der Waals surface area contributed by atoms with Crippen molar-refractivity contribution in [1.82, 2.24) is 4.90 Å². The molecule has 1 heterocycles. The summed E-state index contributed by atoms with van der Waals surface area (Å²) in [6.45, 7) is 2.87. The number of aliphatic hydroxyl groups is 1. The van der Waals surface area contributed by atoms with Gasteiger partial charge in [0.15, 0.2) is 0 Å². The monoisotopic (exact) mass is 281 g/mol. The van der Waals surface area contributed by atoms with Gasteiger partial charge in [-0.05, 0) is 24.6 Å². The fraction of sp³-hybridized carbons (Fsp3) is 0.533. The summed E-state index contributed by atoms with van der Waals surface area (Å²) in [5, 5.41) is 10.4. The lowest BCUT2D eigenvalue weighted by molar-refractivity contribution is -0.0734. The Morgan fingerprint density at radius 1 is 1.45 bits per heavy atom. The summed E-state index contributed by atoms with van der Waals surface area (Å²) in [7, 11) is 1.62. The highest BCUT2D eigenvalue weighted by Crippen LogP contribution is 2.22. The molecule has 1 fully saturated rings. The third-order valence-electron chi connectivity index (χ3n) is 3.72. The van der Waals surface area contributed by atoms with Gasteiger partial charge >= 0.3 is 0 Å². The van der Waals surface area contributed by atoms with Crippen molar-refractivity contribution in [2.45, 2.75) is 25.4 Å². The fourth-order valence-corrected chi connectivity index (χ4v) is 2.37. The van der Waals surface area contributed by atoms with E-state index in [2.05, 4.69) is 0 Å². The molecule has 1 aliphatic heterocycles. The number of halogens is 1. The first-order valence-electron chi connectivity index (χ1n) is 6.73. The lowest BCUT2D eigenvalue weighted by Crippen LogP contribution is -2.47. The van der Waals surface area contributed by atoms with Crippen LogP contribution < -0.4 is 0 Å². The molecule has 1 amide bonds. The van der Waals surface area contributed by atoms with Crippen LogP contribution in [0, 0.1) is 12.7 Å². The molecule has 0 spiro atoms. The van der Waals surface area contributed by atoms with Crippen molar-refractivity contribution in [2.75, 3.05) is 26.8 Å². The van der Waals surface area contributed by atoms with Gasteiger partial charge in [-0.3, -0.25) is 4.79 Å². The van der Waals surface area contributed by atoms with E-state index in [0.717, 1.165) is 0 Å². The molecule has 110 valence electrons. The molecule has 1 N–H and O–H groups in total. The van der Waals surface area contributed by atoms with E-state index in [0.29, 0.717) is 37.2 Å². The summed E-state index contributed by atoms with van der Waals surface area (Å²) in [6, 6.07) is 4.42. The number of amides is 1. The van der Waals surface area contributed by atoms with Crippen LogP contribution in [0.2, 0.25) is 0 Å². The third-order valence-corrected chi connectivity index (χ3v) is 3.72. The number of nitrogens with zero attached hydrogens (tertiary/aromatic N) is 1. The highest BCUT2D eigenvalue weighted by Gasteiger charge is 2.32. The first kappa shape index (κ1) is 14.9. The molecule has 0 unspecified atom stereocenters. The van der Waals surface area contributed by atoms with Crippen LogP contribution in [-0.4, -0.2) is 48.3 Å². The molecule has 2 rings (SSSR count). The molecule has 0 aliphatic carbocycles. The third kappa shape index (κ3) is 3.35. The number of carbonyl (C=O) groups is 1. The Morgan fingerprint density at radius 3 is 2.70 bits per heavy atom. The average Bonchev–Trinajstić information content (AvgIpc) is 2.41. The molecule has 5 heteroatoms. The molecule has 1 aliphatic rings. The molecule has 1 aromatic rings. The summed E-state index contributed by atoms with van der Waals surface area (Å²) in [6.07, 6.45) is 1.01. The molecule has 0 atom stereocenters. The minimum atomic E-state index is -0.911. The topological polar surface area (TPSA) is 49.8 Å². The Morgan fingerprint density at radius 2 is 2.10 bits per heavy atom. The molecular formula is C15H20FNO3. The van der Waals surface area contributed by atoms with Crippen LogP contribution in [0.5, 0.6) is 0 Å². The summed E-state index contributed by atoms with van der Waals surface area (Å²) < 4.78 is 18.7. The molecule has 1 aromatic carbocycles. The van der Waals surface area contributed by atoms with Crippen molar-refractivity contribution in [1.29, 1.82) is 0 Å². The second-order valence-electron chi connectivity index (χ2n) is 5.46. The SMILES string of the molecule is Cc1ccc(C(=O)N(C)CC2(O)CCOCC2)cc1F. The van der Waals surface area contributed by atoms with Gasteiger partial charge in [0.25, 0.3) is 5.91 Å². The van der Waals surface area contributed by atoms with Gasteiger partial charge in [0.05, 0.1) is 5.60 Å². The van der Waals surface area contributed by atoms with E-state index in [-0.39, 0.29) is 12.5 Å². The van der Waals surface area contributed by atoms with Crippen LogP contribution in [0.15, 0.2) is 18.2 Å². The molecule has 0 radical (unpaired) electrons. The molecule has 0 aromatic heterocycles. The van der Waals surface area contributed by atoms with Crippen LogP contribution in [0.25, 0.3) is 0 Å². The molecular weight excluding hydrogens is 261 g/mol. The number of benzene rings is 1. The normalized spacial score (nSPS) is 17.8. The largest absolute Gasteiger partial charge is 0.388 e. The van der Waals surface area contributed by atoms with Gasteiger partial charge < -0.3 is 14.7 Å². The Bertz CT molecular complexity index is 498. The van der Waals surface area contributed by atoms with Gasteiger partial charge in [-0.15, -0.1) is 0 Å². The Hall–Kier alpha value is -1.46. The highest BCUT2D eigenvalue weighted by atomic mass is 19.1. The van der Waals surface area contributed by atoms with Gasteiger partial charge in [0.2, 0.25) is 0 Å². The number of hydrogen-bond acceptors (Lipinski definition) is 3. The van der Waals surface area contributed by atoms with Crippen molar-refractivity contribution < 1.29 is 19.0 Å². The lowest BCUT2D eigenvalue weighted by Gasteiger charge is -2.35. The second kappa shape index (κ2) is 5.89. The van der Waals surface area contributed by atoms with Crippen molar-refractivity contribution in [3.8, 4) is 0 Å². The van der Waals surface area contributed by atoms with Gasteiger partial charge in [0.1, 0.15) is 5.82 Å². The number of carbonyl (C=O) groups excluding carboxylic acids is 1. The van der Waals surface area contributed by atoms with Gasteiger partial charge in [-0.2, -0.15) is 0 Å². The summed E-state index contributed by atoms with van der Waals surface area (Å²) in [5.41, 5.74) is -0.107. The quantitative estimate of drug-likeness (QED) is 0.918. The van der Waals surface area contributed by atoms with Crippen molar-refractivity contribution >= 4 is 5.91 Å². The van der Waals surface area contributed by atoms with Crippen LogP contribution in [-0.2, 0) is 4.74 Å². The Labute approximate surface area is 118 Å². The number of hydrogen-bond donors (Lipinski definition) is 1. The number of likely N-dealkylation sites (N-methyl/N-ethyl adjacent to an activating group) is 1. The average molecular weight is 281 g/mol. The Balaban J connectivity index is 2.06. The summed E-state index contributed by atoms with van der Waals surface area (Å²) in [5.74, 6) is -0.683. The lowest BCUT2D eigenvalue weighted by atomic mass is 9.93. The summed E-state index contributed by atoms with van der Waals surface area (Å²) >= 11 is 0. The molecule has 1 saturated heterocycles. The standard InChI is InChI=1S/C15H20FNO3/c1-11-3-4-12(9-13(11)16)14(18)17(2)10-15(19)5-7-20-8-6-15/h3-4,9,19H,5-8,10H2,1-2H3. The van der Waals surface area contributed by atoms with Crippen molar-refractivity contribution in [3.63, 3.8) is 0 Å². The van der Waals surface area contributed by atoms with Crippen LogP contribution >= 0.6 is 0 Å². The zero-order valence-corrected chi connectivity index (χ0v) is 11.9. The molecule has 0 saturated carbocycles. The Kier molecular flexibility index (Phi) is 4.40.